The fourth-order valence-corrected chi connectivity index (χ4v) is 1.97. The maximum absolute atomic E-state index is 13.6. The minimum Gasteiger partial charge on any atom is -0.491 e. The topological polar surface area (TPSA) is 55.8 Å². The van der Waals surface area contributed by atoms with Gasteiger partial charge in [0.25, 0.3) is 0 Å². The number of hydrogen-bond acceptors (Lipinski definition) is 3. The first-order chi connectivity index (χ1) is 8.57. The van der Waals surface area contributed by atoms with Gasteiger partial charge in [0.15, 0.2) is 11.6 Å². The van der Waals surface area contributed by atoms with E-state index < -0.39 is 17.2 Å². The third-order valence-corrected chi connectivity index (χ3v) is 3.05. The number of carboxylic acids is 1. The molecule has 5 heteroatoms. The molecule has 1 heterocycles. The lowest BCUT2D eigenvalue weighted by atomic mass is 9.80. The van der Waals surface area contributed by atoms with Crippen molar-refractivity contribution in [3.05, 3.63) is 29.6 Å². The molecule has 0 atom stereocenters. The van der Waals surface area contributed by atoms with E-state index in [9.17, 15) is 9.18 Å². The van der Waals surface area contributed by atoms with Gasteiger partial charge in [-0.1, -0.05) is 6.07 Å². The lowest BCUT2D eigenvalue weighted by Gasteiger charge is -2.37. The van der Waals surface area contributed by atoms with Crippen molar-refractivity contribution in [1.82, 2.24) is 0 Å². The second-order valence-corrected chi connectivity index (χ2v) is 4.45. The van der Waals surface area contributed by atoms with E-state index in [1.807, 2.05) is 0 Å². The molecule has 1 fully saturated rings. The summed E-state index contributed by atoms with van der Waals surface area (Å²) in [5.41, 5.74) is -0.263. The number of rotatable bonds is 5. The standard InChI is InChI=1S/C13H15FO4/c1-2-18-11-4-3-9(5-10(11)14)6-13(12(15)16)7-17-8-13/h3-5H,2,6-8H2,1H3,(H,15,16). The SMILES string of the molecule is CCOc1ccc(CC2(C(=O)O)COC2)cc1F. The van der Waals surface area contributed by atoms with Crippen molar-refractivity contribution in [3.8, 4) is 5.75 Å². The molecule has 0 saturated carbocycles. The van der Waals surface area contributed by atoms with Crippen LogP contribution in [0.5, 0.6) is 5.75 Å². The average Bonchev–Trinajstić information content (AvgIpc) is 2.27. The number of aliphatic carboxylic acids is 1. The Kier molecular flexibility index (Phi) is 3.52. The Morgan fingerprint density at radius 3 is 2.72 bits per heavy atom. The molecule has 4 nitrogen and oxygen atoms in total. The van der Waals surface area contributed by atoms with Crippen molar-refractivity contribution in [1.29, 1.82) is 0 Å². The highest BCUT2D eigenvalue weighted by Crippen LogP contribution is 2.33. The molecule has 1 aromatic rings. The van der Waals surface area contributed by atoms with Crippen molar-refractivity contribution in [3.63, 3.8) is 0 Å². The van der Waals surface area contributed by atoms with Crippen LogP contribution in [0.4, 0.5) is 4.39 Å². The third-order valence-electron chi connectivity index (χ3n) is 3.05. The predicted octanol–water partition coefficient (Wildman–Crippen LogP) is 1.87. The molecule has 98 valence electrons. The van der Waals surface area contributed by atoms with E-state index in [0.29, 0.717) is 12.2 Å². The smallest absolute Gasteiger partial charge is 0.314 e. The molecule has 0 aliphatic carbocycles. The van der Waals surface area contributed by atoms with Gasteiger partial charge in [0, 0.05) is 0 Å². The van der Waals surface area contributed by atoms with Gasteiger partial charge in [-0.3, -0.25) is 4.79 Å². The summed E-state index contributed by atoms with van der Waals surface area (Å²) in [6.45, 7) is 2.52. The first kappa shape index (κ1) is 12.8. The van der Waals surface area contributed by atoms with Gasteiger partial charge in [0.05, 0.1) is 19.8 Å². The lowest BCUT2D eigenvalue weighted by Crippen LogP contribution is -2.50. The minimum absolute atomic E-state index is 0.178. The molecule has 1 saturated heterocycles. The molecule has 0 bridgehead atoms. The molecule has 2 rings (SSSR count). The largest absolute Gasteiger partial charge is 0.491 e. The molecule has 0 radical (unpaired) electrons. The van der Waals surface area contributed by atoms with Gasteiger partial charge >= 0.3 is 5.97 Å². The van der Waals surface area contributed by atoms with Crippen LogP contribution in [0, 0.1) is 11.2 Å². The Labute approximate surface area is 104 Å². The maximum Gasteiger partial charge on any atom is 0.314 e. The molecule has 1 aliphatic rings. The van der Waals surface area contributed by atoms with Crippen LogP contribution in [0.15, 0.2) is 18.2 Å². The normalized spacial score (nSPS) is 17.0. The van der Waals surface area contributed by atoms with Crippen molar-refractivity contribution in [2.75, 3.05) is 19.8 Å². The van der Waals surface area contributed by atoms with Crippen molar-refractivity contribution in [2.45, 2.75) is 13.3 Å². The van der Waals surface area contributed by atoms with Crippen LogP contribution in [0.3, 0.4) is 0 Å². The highest BCUT2D eigenvalue weighted by atomic mass is 19.1. The number of carbonyl (C=O) groups is 1. The summed E-state index contributed by atoms with van der Waals surface area (Å²) in [4.78, 5) is 11.2. The summed E-state index contributed by atoms with van der Waals surface area (Å²) in [5, 5.41) is 9.15. The Bertz CT molecular complexity index is 454. The van der Waals surface area contributed by atoms with Gasteiger partial charge in [-0.05, 0) is 31.0 Å². The van der Waals surface area contributed by atoms with Gasteiger partial charge in [0.2, 0.25) is 0 Å². The van der Waals surface area contributed by atoms with Crippen LogP contribution in [-0.4, -0.2) is 30.9 Å². The van der Waals surface area contributed by atoms with Crippen LogP contribution in [-0.2, 0) is 16.0 Å². The lowest BCUT2D eigenvalue weighted by molar-refractivity contribution is -0.179. The zero-order valence-electron chi connectivity index (χ0n) is 10.1. The third kappa shape index (κ3) is 2.31. The molecule has 0 spiro atoms. The summed E-state index contributed by atoms with van der Waals surface area (Å²) >= 11 is 0. The quantitative estimate of drug-likeness (QED) is 0.871. The Morgan fingerprint density at radius 1 is 1.56 bits per heavy atom. The Balaban J connectivity index is 2.15. The fraction of sp³-hybridized carbons (Fsp3) is 0.462. The molecule has 1 aliphatic heterocycles. The number of halogens is 1. The van der Waals surface area contributed by atoms with Crippen LogP contribution in [0.2, 0.25) is 0 Å². The van der Waals surface area contributed by atoms with E-state index in [4.69, 9.17) is 14.6 Å². The van der Waals surface area contributed by atoms with E-state index in [1.165, 1.54) is 12.1 Å². The number of ether oxygens (including phenoxy) is 2. The molecule has 1 aromatic carbocycles. The van der Waals surface area contributed by atoms with E-state index in [-0.39, 0.29) is 25.4 Å². The molecule has 0 amide bonds. The average molecular weight is 254 g/mol. The highest BCUT2D eigenvalue weighted by molar-refractivity contribution is 5.76. The van der Waals surface area contributed by atoms with Gasteiger partial charge in [-0.2, -0.15) is 0 Å². The van der Waals surface area contributed by atoms with E-state index in [2.05, 4.69) is 0 Å². The second kappa shape index (κ2) is 4.94. The number of benzene rings is 1. The summed E-state index contributed by atoms with van der Waals surface area (Å²) in [6.07, 6.45) is 0.270. The van der Waals surface area contributed by atoms with Crippen LogP contribution >= 0.6 is 0 Å². The van der Waals surface area contributed by atoms with Crippen LogP contribution < -0.4 is 4.74 Å². The fourth-order valence-electron chi connectivity index (χ4n) is 1.97. The van der Waals surface area contributed by atoms with Crippen molar-refractivity contribution < 1.29 is 23.8 Å². The van der Waals surface area contributed by atoms with E-state index in [1.54, 1.807) is 13.0 Å². The molecule has 0 aromatic heterocycles. The minimum atomic E-state index is -0.903. The summed E-state index contributed by atoms with van der Waals surface area (Å²) in [6, 6.07) is 4.55. The van der Waals surface area contributed by atoms with Gasteiger partial charge in [-0.15, -0.1) is 0 Å². The van der Waals surface area contributed by atoms with Gasteiger partial charge < -0.3 is 14.6 Å². The van der Waals surface area contributed by atoms with Crippen molar-refractivity contribution in [2.24, 2.45) is 5.41 Å². The molecule has 1 N–H and O–H groups in total. The molecular weight excluding hydrogens is 239 g/mol. The first-order valence-electron chi connectivity index (χ1n) is 5.80. The second-order valence-electron chi connectivity index (χ2n) is 4.45. The van der Waals surface area contributed by atoms with Gasteiger partial charge in [-0.25, -0.2) is 4.39 Å². The number of hydrogen-bond donors (Lipinski definition) is 1. The highest BCUT2D eigenvalue weighted by Gasteiger charge is 2.46. The number of carboxylic acid groups (broad SMARTS) is 1. The monoisotopic (exact) mass is 254 g/mol. The van der Waals surface area contributed by atoms with E-state index in [0.717, 1.165) is 0 Å². The zero-order chi connectivity index (χ0) is 13.2. The van der Waals surface area contributed by atoms with Crippen LogP contribution in [0.25, 0.3) is 0 Å². The first-order valence-corrected chi connectivity index (χ1v) is 5.80. The maximum atomic E-state index is 13.6. The summed E-state index contributed by atoms with van der Waals surface area (Å²) in [7, 11) is 0. The Hall–Kier alpha value is -1.62. The molecule has 18 heavy (non-hydrogen) atoms. The zero-order valence-corrected chi connectivity index (χ0v) is 10.1. The summed E-state index contributed by atoms with van der Waals surface area (Å²) in [5.74, 6) is -1.17. The van der Waals surface area contributed by atoms with Crippen LogP contribution in [0.1, 0.15) is 12.5 Å². The molecular formula is C13H15FO4. The van der Waals surface area contributed by atoms with Crippen molar-refractivity contribution >= 4 is 5.97 Å². The van der Waals surface area contributed by atoms with Gasteiger partial charge in [0.1, 0.15) is 5.41 Å². The van der Waals surface area contributed by atoms with E-state index >= 15 is 0 Å². The summed E-state index contributed by atoms with van der Waals surface area (Å²) < 4.78 is 23.7. The Morgan fingerprint density at radius 2 is 2.28 bits per heavy atom. The molecule has 0 unspecified atom stereocenters. The predicted molar refractivity (Wildman–Crippen MR) is 62.2 cm³/mol.